The number of hydrogen-bond acceptors (Lipinski definition) is 3. The Morgan fingerprint density at radius 2 is 1.76 bits per heavy atom. The van der Waals surface area contributed by atoms with Gasteiger partial charge in [-0.15, -0.1) is 13.2 Å². The Hall–Kier alpha value is -3.62. The lowest BCUT2D eigenvalue weighted by atomic mass is 10.2. The molecule has 0 aliphatic heterocycles. The highest BCUT2D eigenvalue weighted by molar-refractivity contribution is 6.04. The Kier molecular flexibility index (Phi) is 5.67. The SMILES string of the molecule is O=C(Nc1ccc(OC(F)(F)F)cc1)c1ccc(=O)n(Cc2cccc(F)c2)c1. The van der Waals surface area contributed by atoms with Crippen LogP contribution in [-0.4, -0.2) is 16.8 Å². The van der Waals surface area contributed by atoms with Gasteiger partial charge in [0.05, 0.1) is 12.1 Å². The first kappa shape index (κ1) is 20.1. The highest BCUT2D eigenvalue weighted by Crippen LogP contribution is 2.24. The number of carbonyl (C=O) groups is 1. The van der Waals surface area contributed by atoms with Gasteiger partial charge in [0.25, 0.3) is 11.5 Å². The number of carbonyl (C=O) groups excluding carboxylic acids is 1. The minimum atomic E-state index is -4.81. The van der Waals surface area contributed by atoms with Gasteiger partial charge >= 0.3 is 6.36 Å². The largest absolute Gasteiger partial charge is 0.573 e. The van der Waals surface area contributed by atoms with Crippen LogP contribution in [0.15, 0.2) is 71.7 Å². The standard InChI is InChI=1S/C20H14F4N2O3/c21-15-3-1-2-13(10-15)11-26-12-14(4-9-18(26)27)19(28)25-16-5-7-17(8-6-16)29-20(22,23)24/h1-10,12H,11H2,(H,25,28). The number of nitrogens with one attached hydrogen (secondary N) is 1. The first-order valence-electron chi connectivity index (χ1n) is 8.32. The Labute approximate surface area is 162 Å². The third kappa shape index (κ3) is 5.68. The van der Waals surface area contributed by atoms with Gasteiger partial charge in [0.2, 0.25) is 0 Å². The average Bonchev–Trinajstić information content (AvgIpc) is 2.64. The molecule has 9 heteroatoms. The van der Waals surface area contributed by atoms with Gasteiger partial charge in [-0.3, -0.25) is 9.59 Å². The summed E-state index contributed by atoms with van der Waals surface area (Å²) in [6.45, 7) is 0.0706. The molecule has 0 saturated carbocycles. The molecule has 1 N–H and O–H groups in total. The number of benzene rings is 2. The van der Waals surface area contributed by atoms with Crippen molar-refractivity contribution in [2.75, 3.05) is 5.32 Å². The van der Waals surface area contributed by atoms with Gasteiger partial charge in [0, 0.05) is 18.0 Å². The van der Waals surface area contributed by atoms with E-state index in [2.05, 4.69) is 10.1 Å². The second-order valence-electron chi connectivity index (χ2n) is 6.04. The quantitative estimate of drug-likeness (QED) is 0.647. The summed E-state index contributed by atoms with van der Waals surface area (Å²) in [6.07, 6.45) is -3.48. The fourth-order valence-corrected chi connectivity index (χ4v) is 2.56. The van der Waals surface area contributed by atoms with Crippen LogP contribution in [0.2, 0.25) is 0 Å². The third-order valence-corrected chi connectivity index (χ3v) is 3.83. The topological polar surface area (TPSA) is 60.3 Å². The zero-order chi connectivity index (χ0) is 21.0. The van der Waals surface area contributed by atoms with Crippen molar-refractivity contribution in [1.29, 1.82) is 0 Å². The van der Waals surface area contributed by atoms with Crippen molar-refractivity contribution in [3.63, 3.8) is 0 Å². The summed E-state index contributed by atoms with van der Waals surface area (Å²) in [7, 11) is 0. The van der Waals surface area contributed by atoms with Crippen LogP contribution in [0.25, 0.3) is 0 Å². The van der Waals surface area contributed by atoms with Crippen LogP contribution in [0.3, 0.4) is 0 Å². The van der Waals surface area contributed by atoms with Gasteiger partial charge < -0.3 is 14.6 Å². The number of hydrogen-bond donors (Lipinski definition) is 1. The van der Waals surface area contributed by atoms with Crippen molar-refractivity contribution < 1.29 is 27.1 Å². The van der Waals surface area contributed by atoms with Crippen LogP contribution in [0.5, 0.6) is 5.75 Å². The molecule has 0 atom stereocenters. The van der Waals surface area contributed by atoms with Crippen LogP contribution in [0.4, 0.5) is 23.2 Å². The summed E-state index contributed by atoms with van der Waals surface area (Å²) in [5.74, 6) is -1.43. The van der Waals surface area contributed by atoms with Crippen molar-refractivity contribution in [1.82, 2.24) is 4.57 Å². The highest BCUT2D eigenvalue weighted by atomic mass is 19.4. The first-order chi connectivity index (χ1) is 13.7. The lowest BCUT2D eigenvalue weighted by Crippen LogP contribution is -2.22. The predicted molar refractivity (Wildman–Crippen MR) is 97.3 cm³/mol. The van der Waals surface area contributed by atoms with Gasteiger partial charge in [0.1, 0.15) is 11.6 Å². The summed E-state index contributed by atoms with van der Waals surface area (Å²) >= 11 is 0. The summed E-state index contributed by atoms with van der Waals surface area (Å²) in [5.41, 5.74) is 0.563. The molecular weight excluding hydrogens is 392 g/mol. The molecule has 0 aliphatic carbocycles. The fraction of sp³-hybridized carbons (Fsp3) is 0.100. The van der Waals surface area contributed by atoms with Gasteiger partial charge in [0.15, 0.2) is 0 Å². The molecule has 0 aliphatic rings. The van der Waals surface area contributed by atoms with Crippen LogP contribution < -0.4 is 15.6 Å². The lowest BCUT2D eigenvalue weighted by molar-refractivity contribution is -0.274. The first-order valence-corrected chi connectivity index (χ1v) is 8.32. The van der Waals surface area contributed by atoms with E-state index in [9.17, 15) is 27.2 Å². The Balaban J connectivity index is 1.73. The number of aromatic nitrogens is 1. The van der Waals surface area contributed by atoms with Crippen molar-refractivity contribution in [3.05, 3.63) is 94.2 Å². The lowest BCUT2D eigenvalue weighted by Gasteiger charge is -2.11. The van der Waals surface area contributed by atoms with Crippen LogP contribution in [0, 0.1) is 5.82 Å². The molecular formula is C20H14F4N2O3. The third-order valence-electron chi connectivity index (χ3n) is 3.83. The molecule has 1 amide bonds. The molecule has 5 nitrogen and oxygen atoms in total. The van der Waals surface area contributed by atoms with E-state index in [0.29, 0.717) is 5.56 Å². The molecule has 2 aromatic carbocycles. The molecule has 0 fully saturated rings. The van der Waals surface area contributed by atoms with E-state index < -0.39 is 23.8 Å². The Morgan fingerprint density at radius 3 is 2.41 bits per heavy atom. The van der Waals surface area contributed by atoms with Gasteiger partial charge in [-0.2, -0.15) is 0 Å². The summed E-state index contributed by atoms with van der Waals surface area (Å²) in [6, 6.07) is 12.9. The number of rotatable bonds is 5. The van der Waals surface area contributed by atoms with Crippen molar-refractivity contribution in [2.45, 2.75) is 12.9 Å². The number of alkyl halides is 3. The second kappa shape index (κ2) is 8.17. The fourth-order valence-electron chi connectivity index (χ4n) is 2.56. The molecule has 1 aromatic heterocycles. The predicted octanol–water partition coefficient (Wildman–Crippen LogP) is 4.19. The normalized spacial score (nSPS) is 11.2. The molecule has 3 rings (SSSR count). The maximum absolute atomic E-state index is 13.3. The van der Waals surface area contributed by atoms with Gasteiger partial charge in [-0.25, -0.2) is 4.39 Å². The molecule has 0 bridgehead atoms. The molecule has 0 saturated heterocycles. The minimum absolute atomic E-state index is 0.0706. The number of ether oxygens (including phenoxy) is 1. The van der Waals surface area contributed by atoms with Crippen molar-refractivity contribution in [3.8, 4) is 5.75 Å². The van der Waals surface area contributed by atoms with Crippen LogP contribution >= 0.6 is 0 Å². The maximum atomic E-state index is 13.3. The Morgan fingerprint density at radius 1 is 1.03 bits per heavy atom. The minimum Gasteiger partial charge on any atom is -0.406 e. The molecule has 3 aromatic rings. The number of nitrogens with zero attached hydrogens (tertiary/aromatic N) is 1. The monoisotopic (exact) mass is 406 g/mol. The summed E-state index contributed by atoms with van der Waals surface area (Å²) in [4.78, 5) is 24.4. The number of halogens is 4. The van der Waals surface area contributed by atoms with Crippen LogP contribution in [0.1, 0.15) is 15.9 Å². The van der Waals surface area contributed by atoms with Crippen molar-refractivity contribution in [2.24, 2.45) is 0 Å². The van der Waals surface area contributed by atoms with Crippen molar-refractivity contribution >= 4 is 11.6 Å². The van der Waals surface area contributed by atoms with E-state index in [0.717, 1.165) is 12.1 Å². The molecule has 150 valence electrons. The zero-order valence-corrected chi connectivity index (χ0v) is 14.7. The number of amides is 1. The molecule has 1 heterocycles. The summed E-state index contributed by atoms with van der Waals surface area (Å²) in [5, 5.41) is 2.52. The van der Waals surface area contributed by atoms with Crippen LogP contribution in [-0.2, 0) is 6.54 Å². The Bertz CT molecular complexity index is 1080. The van der Waals surface area contributed by atoms with E-state index in [1.807, 2.05) is 0 Å². The molecule has 0 radical (unpaired) electrons. The highest BCUT2D eigenvalue weighted by Gasteiger charge is 2.30. The van der Waals surface area contributed by atoms with E-state index >= 15 is 0 Å². The van der Waals surface area contributed by atoms with E-state index in [1.165, 1.54) is 53.2 Å². The molecule has 0 unspecified atom stereocenters. The number of anilines is 1. The second-order valence-corrected chi connectivity index (χ2v) is 6.04. The number of pyridine rings is 1. The molecule has 0 spiro atoms. The van der Waals surface area contributed by atoms with E-state index in [-0.39, 0.29) is 23.4 Å². The van der Waals surface area contributed by atoms with E-state index in [4.69, 9.17) is 0 Å². The van der Waals surface area contributed by atoms with Gasteiger partial charge in [-0.1, -0.05) is 12.1 Å². The van der Waals surface area contributed by atoms with E-state index in [1.54, 1.807) is 6.07 Å². The average molecular weight is 406 g/mol. The van der Waals surface area contributed by atoms with Gasteiger partial charge in [-0.05, 0) is 48.0 Å². The molecule has 29 heavy (non-hydrogen) atoms. The maximum Gasteiger partial charge on any atom is 0.573 e. The summed E-state index contributed by atoms with van der Waals surface area (Å²) < 4.78 is 54.9. The zero-order valence-electron chi connectivity index (χ0n) is 14.7. The smallest absolute Gasteiger partial charge is 0.406 e.